The lowest BCUT2D eigenvalue weighted by Crippen LogP contribution is -2.55. The Morgan fingerprint density at radius 3 is 2.29 bits per heavy atom. The molecule has 1 aliphatic rings. The van der Waals surface area contributed by atoms with Gasteiger partial charge in [0, 0.05) is 5.92 Å². The summed E-state index contributed by atoms with van der Waals surface area (Å²) in [6, 6.07) is 0. The highest BCUT2D eigenvalue weighted by Crippen LogP contribution is 2.41. The summed E-state index contributed by atoms with van der Waals surface area (Å²) in [4.78, 5) is 2.01. The molecule has 84 valence electrons. The Bertz CT molecular complexity index is 191. The third-order valence-corrected chi connectivity index (χ3v) is 3.79. The van der Waals surface area contributed by atoms with Crippen molar-refractivity contribution >= 4 is 0 Å². The first kappa shape index (κ1) is 12.0. The second-order valence-electron chi connectivity index (χ2n) is 5.51. The van der Waals surface area contributed by atoms with Crippen LogP contribution in [0.15, 0.2) is 0 Å². The maximum absolute atomic E-state index is 10.7. The lowest BCUT2D eigenvalue weighted by molar-refractivity contribution is -0.171. The largest absolute Gasteiger partial charge is 0.375 e. The molecule has 2 nitrogen and oxygen atoms in total. The Labute approximate surface area is 88.3 Å². The summed E-state index contributed by atoms with van der Waals surface area (Å²) < 4.78 is 0. The fraction of sp³-hybridized carbons (Fsp3) is 1.00. The van der Waals surface area contributed by atoms with E-state index in [1.807, 2.05) is 19.0 Å². The molecule has 0 aromatic rings. The zero-order valence-corrected chi connectivity index (χ0v) is 10.2. The molecule has 1 rings (SSSR count). The molecule has 1 fully saturated rings. The number of hydrogen-bond donors (Lipinski definition) is 1. The second-order valence-corrected chi connectivity index (χ2v) is 5.51. The van der Waals surface area contributed by atoms with Crippen molar-refractivity contribution in [1.82, 2.24) is 4.90 Å². The highest BCUT2D eigenvalue weighted by Gasteiger charge is 2.44. The van der Waals surface area contributed by atoms with Gasteiger partial charge in [0.05, 0.1) is 0 Å². The summed E-state index contributed by atoms with van der Waals surface area (Å²) in [6.45, 7) is 6.68. The van der Waals surface area contributed by atoms with Crippen LogP contribution in [0.1, 0.15) is 40.0 Å². The fourth-order valence-corrected chi connectivity index (χ4v) is 2.84. The van der Waals surface area contributed by atoms with E-state index in [1.165, 1.54) is 6.42 Å². The van der Waals surface area contributed by atoms with Crippen molar-refractivity contribution in [2.24, 2.45) is 17.8 Å². The third kappa shape index (κ3) is 2.12. The van der Waals surface area contributed by atoms with Gasteiger partial charge in [-0.2, -0.15) is 0 Å². The van der Waals surface area contributed by atoms with Gasteiger partial charge in [-0.15, -0.1) is 0 Å². The molecule has 3 atom stereocenters. The van der Waals surface area contributed by atoms with Gasteiger partial charge in [-0.3, -0.25) is 4.90 Å². The summed E-state index contributed by atoms with van der Waals surface area (Å²) in [7, 11) is 3.99. The van der Waals surface area contributed by atoms with E-state index >= 15 is 0 Å². The van der Waals surface area contributed by atoms with Crippen molar-refractivity contribution in [3.63, 3.8) is 0 Å². The van der Waals surface area contributed by atoms with Gasteiger partial charge in [0.2, 0.25) is 0 Å². The Balaban J connectivity index is 2.83. The van der Waals surface area contributed by atoms with E-state index in [4.69, 9.17) is 0 Å². The van der Waals surface area contributed by atoms with E-state index < -0.39 is 5.72 Å². The highest BCUT2D eigenvalue weighted by atomic mass is 16.3. The Kier molecular flexibility index (Phi) is 3.59. The smallest absolute Gasteiger partial charge is 0.121 e. The SMILES string of the molecule is CC1CC[C@H](C(C)C)[C@@](O)(N(C)C)C1. The van der Waals surface area contributed by atoms with Gasteiger partial charge >= 0.3 is 0 Å². The van der Waals surface area contributed by atoms with Crippen molar-refractivity contribution in [2.45, 2.75) is 45.8 Å². The number of hydrogen-bond acceptors (Lipinski definition) is 2. The molecule has 0 aromatic heterocycles. The quantitative estimate of drug-likeness (QED) is 0.690. The molecule has 1 N–H and O–H groups in total. The summed E-state index contributed by atoms with van der Waals surface area (Å²) in [5.41, 5.74) is -0.578. The Hall–Kier alpha value is -0.0800. The third-order valence-electron chi connectivity index (χ3n) is 3.79. The van der Waals surface area contributed by atoms with Crippen LogP contribution in [0.2, 0.25) is 0 Å². The minimum Gasteiger partial charge on any atom is -0.375 e. The average Bonchev–Trinajstić information content (AvgIpc) is 2.02. The Morgan fingerprint density at radius 2 is 1.86 bits per heavy atom. The molecular weight excluding hydrogens is 174 g/mol. The normalized spacial score (nSPS) is 39.4. The van der Waals surface area contributed by atoms with Crippen LogP contribution < -0.4 is 0 Å². The van der Waals surface area contributed by atoms with Gasteiger partial charge in [-0.1, -0.05) is 27.2 Å². The van der Waals surface area contributed by atoms with Gasteiger partial charge in [-0.25, -0.2) is 0 Å². The molecule has 1 unspecified atom stereocenters. The Morgan fingerprint density at radius 1 is 1.29 bits per heavy atom. The first-order valence-electron chi connectivity index (χ1n) is 5.77. The van der Waals surface area contributed by atoms with Crippen LogP contribution in [0.25, 0.3) is 0 Å². The van der Waals surface area contributed by atoms with Crippen molar-refractivity contribution in [2.75, 3.05) is 14.1 Å². The molecule has 0 radical (unpaired) electrons. The molecule has 0 aromatic carbocycles. The first-order valence-corrected chi connectivity index (χ1v) is 5.77. The maximum atomic E-state index is 10.7. The molecule has 2 heteroatoms. The van der Waals surface area contributed by atoms with Gasteiger partial charge in [0.1, 0.15) is 5.72 Å². The molecule has 1 aliphatic carbocycles. The molecular formula is C12H25NO. The van der Waals surface area contributed by atoms with Crippen molar-refractivity contribution < 1.29 is 5.11 Å². The molecule has 14 heavy (non-hydrogen) atoms. The molecule has 0 bridgehead atoms. The van der Waals surface area contributed by atoms with Crippen LogP contribution >= 0.6 is 0 Å². The summed E-state index contributed by atoms with van der Waals surface area (Å²) in [6.07, 6.45) is 3.34. The molecule has 1 saturated carbocycles. The van der Waals surface area contributed by atoms with E-state index in [1.54, 1.807) is 0 Å². The highest BCUT2D eigenvalue weighted by molar-refractivity contribution is 4.91. The van der Waals surface area contributed by atoms with Crippen LogP contribution in [0.4, 0.5) is 0 Å². The van der Waals surface area contributed by atoms with Crippen LogP contribution in [0, 0.1) is 17.8 Å². The van der Waals surface area contributed by atoms with Crippen molar-refractivity contribution in [3.8, 4) is 0 Å². The standard InChI is InChI=1S/C12H25NO/c1-9(2)11-7-6-10(3)8-12(11,14)13(4)5/h9-11,14H,6-8H2,1-5H3/t10?,11-,12-/m1/s1. The van der Waals surface area contributed by atoms with E-state index in [2.05, 4.69) is 20.8 Å². The van der Waals surface area contributed by atoms with Gasteiger partial charge in [-0.05, 0) is 38.8 Å². The molecule has 0 aliphatic heterocycles. The van der Waals surface area contributed by atoms with Gasteiger partial charge < -0.3 is 5.11 Å². The minimum atomic E-state index is -0.578. The topological polar surface area (TPSA) is 23.5 Å². The molecule has 0 saturated heterocycles. The zero-order chi connectivity index (χ0) is 10.9. The van der Waals surface area contributed by atoms with Gasteiger partial charge in [0.15, 0.2) is 0 Å². The van der Waals surface area contributed by atoms with Gasteiger partial charge in [0.25, 0.3) is 0 Å². The molecule has 0 spiro atoms. The van der Waals surface area contributed by atoms with Crippen LogP contribution in [-0.2, 0) is 0 Å². The van der Waals surface area contributed by atoms with Crippen molar-refractivity contribution in [1.29, 1.82) is 0 Å². The summed E-state index contributed by atoms with van der Waals surface area (Å²) >= 11 is 0. The first-order chi connectivity index (χ1) is 6.38. The average molecular weight is 199 g/mol. The molecule has 0 heterocycles. The van der Waals surface area contributed by atoms with Crippen LogP contribution in [-0.4, -0.2) is 29.8 Å². The number of rotatable bonds is 2. The summed E-state index contributed by atoms with van der Waals surface area (Å²) in [5.74, 6) is 1.64. The lowest BCUT2D eigenvalue weighted by atomic mass is 9.71. The predicted octanol–water partition coefficient (Wildman–Crippen LogP) is 2.33. The predicted molar refractivity (Wildman–Crippen MR) is 60.0 cm³/mol. The zero-order valence-electron chi connectivity index (χ0n) is 10.2. The van der Waals surface area contributed by atoms with Crippen LogP contribution in [0.5, 0.6) is 0 Å². The van der Waals surface area contributed by atoms with E-state index in [9.17, 15) is 5.11 Å². The second kappa shape index (κ2) is 4.19. The monoisotopic (exact) mass is 199 g/mol. The minimum absolute atomic E-state index is 0.425. The van der Waals surface area contributed by atoms with E-state index in [0.29, 0.717) is 17.8 Å². The number of aliphatic hydroxyl groups is 1. The maximum Gasteiger partial charge on any atom is 0.121 e. The van der Waals surface area contributed by atoms with E-state index in [0.717, 1.165) is 12.8 Å². The van der Waals surface area contributed by atoms with Crippen LogP contribution in [0.3, 0.4) is 0 Å². The molecule has 0 amide bonds. The summed E-state index contributed by atoms with van der Waals surface area (Å²) in [5, 5.41) is 10.7. The van der Waals surface area contributed by atoms with Crippen molar-refractivity contribution in [3.05, 3.63) is 0 Å². The fourth-order valence-electron chi connectivity index (χ4n) is 2.84. The lowest BCUT2D eigenvalue weighted by Gasteiger charge is -2.48. The number of nitrogens with zero attached hydrogens (tertiary/aromatic N) is 1. The van der Waals surface area contributed by atoms with E-state index in [-0.39, 0.29) is 0 Å².